The largest absolute Gasteiger partial charge is 0.388 e. The van der Waals surface area contributed by atoms with E-state index in [1.807, 2.05) is 0 Å². The molecule has 1 aromatic heterocycles. The molecule has 2 aromatic rings. The van der Waals surface area contributed by atoms with Gasteiger partial charge in [-0.05, 0) is 19.1 Å². The van der Waals surface area contributed by atoms with Crippen LogP contribution in [0.2, 0.25) is 5.02 Å². The van der Waals surface area contributed by atoms with Crippen LogP contribution in [0.1, 0.15) is 29.1 Å². The maximum absolute atomic E-state index is 12.6. The molecule has 0 radical (unpaired) electrons. The molecule has 1 aromatic carbocycles. The van der Waals surface area contributed by atoms with E-state index in [-0.39, 0.29) is 11.7 Å². The summed E-state index contributed by atoms with van der Waals surface area (Å²) in [7, 11) is 0. The molecule has 1 fully saturated rings. The van der Waals surface area contributed by atoms with E-state index >= 15 is 0 Å². The third-order valence-corrected chi connectivity index (χ3v) is 4.01. The molecule has 3 rings (SSSR count). The molecule has 122 valence electrons. The smallest absolute Gasteiger partial charge is 0.293 e. The van der Waals surface area contributed by atoms with Crippen LogP contribution < -0.4 is 0 Å². The molecular formula is C16H17ClN2O4. The number of carbonyl (C=O) groups excluding carboxylic acids is 1. The van der Waals surface area contributed by atoms with Gasteiger partial charge >= 0.3 is 0 Å². The predicted octanol–water partition coefficient (Wildman–Crippen LogP) is 2.52. The first-order valence-corrected chi connectivity index (χ1v) is 7.76. The number of aliphatic hydroxyl groups excluding tert-OH is 1. The van der Waals surface area contributed by atoms with Gasteiger partial charge in [-0.1, -0.05) is 28.9 Å². The average molecular weight is 337 g/mol. The van der Waals surface area contributed by atoms with Crippen molar-refractivity contribution in [1.29, 1.82) is 0 Å². The van der Waals surface area contributed by atoms with Gasteiger partial charge in [0.25, 0.3) is 5.91 Å². The molecule has 1 amide bonds. The van der Waals surface area contributed by atoms with E-state index in [1.165, 1.54) is 0 Å². The Kier molecular flexibility index (Phi) is 4.66. The Morgan fingerprint density at radius 2 is 1.96 bits per heavy atom. The predicted molar refractivity (Wildman–Crippen MR) is 84.3 cm³/mol. The summed E-state index contributed by atoms with van der Waals surface area (Å²) in [6, 6.07) is 6.99. The van der Waals surface area contributed by atoms with Crippen molar-refractivity contribution in [1.82, 2.24) is 10.1 Å². The number of morpholine rings is 1. The second kappa shape index (κ2) is 6.70. The first-order valence-electron chi connectivity index (χ1n) is 7.38. The van der Waals surface area contributed by atoms with Gasteiger partial charge in [-0.25, -0.2) is 0 Å². The molecule has 1 saturated heterocycles. The zero-order valence-corrected chi connectivity index (χ0v) is 13.4. The zero-order chi connectivity index (χ0) is 16.4. The minimum absolute atomic E-state index is 0.0758. The maximum Gasteiger partial charge on any atom is 0.293 e. The number of carbonyl (C=O) groups is 1. The van der Waals surface area contributed by atoms with Gasteiger partial charge in [0.15, 0.2) is 0 Å². The fourth-order valence-electron chi connectivity index (χ4n) is 2.57. The number of aromatic nitrogens is 1. The Bertz CT molecular complexity index is 691. The summed E-state index contributed by atoms with van der Waals surface area (Å²) in [6.45, 7) is 3.56. The number of nitrogens with zero attached hydrogens (tertiary/aromatic N) is 2. The number of rotatable bonds is 3. The summed E-state index contributed by atoms with van der Waals surface area (Å²) in [5, 5.41) is 14.7. The Morgan fingerprint density at radius 3 is 2.57 bits per heavy atom. The topological polar surface area (TPSA) is 75.8 Å². The summed E-state index contributed by atoms with van der Waals surface area (Å²) in [6.07, 6.45) is -0.882. The quantitative estimate of drug-likeness (QED) is 0.932. The third kappa shape index (κ3) is 3.24. The van der Waals surface area contributed by atoms with Gasteiger partial charge in [-0.15, -0.1) is 0 Å². The Morgan fingerprint density at radius 1 is 1.30 bits per heavy atom. The first-order chi connectivity index (χ1) is 11.1. The Hall–Kier alpha value is -1.89. The monoisotopic (exact) mass is 336 g/mol. The number of halogens is 1. The van der Waals surface area contributed by atoms with Crippen molar-refractivity contribution in [3.63, 3.8) is 0 Å². The average Bonchev–Trinajstić information content (AvgIpc) is 3.01. The standard InChI is InChI=1S/C16H17ClN2O4/c1-10(20)13-14(11-2-4-12(17)5-3-11)18-23-15(13)16(21)19-6-8-22-9-7-19/h2-5,10,20H,6-9H2,1H3. The molecular weight excluding hydrogens is 320 g/mol. The fraction of sp³-hybridized carbons (Fsp3) is 0.375. The van der Waals surface area contributed by atoms with E-state index in [4.69, 9.17) is 20.9 Å². The summed E-state index contributed by atoms with van der Waals surface area (Å²) in [4.78, 5) is 14.3. The molecule has 1 atom stereocenters. The minimum Gasteiger partial charge on any atom is -0.388 e. The van der Waals surface area contributed by atoms with Crippen molar-refractivity contribution in [2.75, 3.05) is 26.3 Å². The molecule has 6 nitrogen and oxygen atoms in total. The van der Waals surface area contributed by atoms with Crippen molar-refractivity contribution in [2.45, 2.75) is 13.0 Å². The molecule has 1 aliphatic heterocycles. The van der Waals surface area contributed by atoms with Crippen LogP contribution in [-0.2, 0) is 4.74 Å². The number of benzene rings is 1. The Labute approximate surface area is 138 Å². The highest BCUT2D eigenvalue weighted by Gasteiger charge is 2.30. The first kappa shape index (κ1) is 16.0. The highest BCUT2D eigenvalue weighted by Crippen LogP contribution is 2.32. The molecule has 1 unspecified atom stereocenters. The highest BCUT2D eigenvalue weighted by molar-refractivity contribution is 6.30. The second-order valence-corrected chi connectivity index (χ2v) is 5.80. The van der Waals surface area contributed by atoms with Crippen LogP contribution in [0.5, 0.6) is 0 Å². The van der Waals surface area contributed by atoms with E-state index in [9.17, 15) is 9.90 Å². The normalized spacial score (nSPS) is 16.4. The highest BCUT2D eigenvalue weighted by atomic mass is 35.5. The van der Waals surface area contributed by atoms with Crippen molar-refractivity contribution < 1.29 is 19.2 Å². The number of amides is 1. The molecule has 2 heterocycles. The van der Waals surface area contributed by atoms with E-state index in [1.54, 1.807) is 36.1 Å². The number of aliphatic hydroxyl groups is 1. The summed E-state index contributed by atoms with van der Waals surface area (Å²) in [5.41, 5.74) is 1.58. The molecule has 0 bridgehead atoms. The van der Waals surface area contributed by atoms with E-state index in [0.29, 0.717) is 42.6 Å². The SMILES string of the molecule is CC(O)c1c(-c2ccc(Cl)cc2)noc1C(=O)N1CCOCC1. The number of hydrogen-bond acceptors (Lipinski definition) is 5. The van der Waals surface area contributed by atoms with Gasteiger partial charge in [0, 0.05) is 23.7 Å². The van der Waals surface area contributed by atoms with Gasteiger partial charge in [-0.3, -0.25) is 4.79 Å². The zero-order valence-electron chi connectivity index (χ0n) is 12.7. The number of ether oxygens (including phenoxy) is 1. The van der Waals surface area contributed by atoms with Crippen LogP contribution in [0.4, 0.5) is 0 Å². The lowest BCUT2D eigenvalue weighted by Gasteiger charge is -2.26. The van der Waals surface area contributed by atoms with E-state index in [2.05, 4.69) is 5.16 Å². The van der Waals surface area contributed by atoms with E-state index in [0.717, 1.165) is 5.56 Å². The van der Waals surface area contributed by atoms with Crippen LogP contribution in [0.25, 0.3) is 11.3 Å². The van der Waals surface area contributed by atoms with Gasteiger partial charge in [0.1, 0.15) is 5.69 Å². The lowest BCUT2D eigenvalue weighted by atomic mass is 10.0. The maximum atomic E-state index is 12.6. The van der Waals surface area contributed by atoms with Crippen molar-refractivity contribution in [3.05, 3.63) is 40.6 Å². The van der Waals surface area contributed by atoms with Crippen molar-refractivity contribution >= 4 is 17.5 Å². The molecule has 0 aliphatic carbocycles. The minimum atomic E-state index is -0.882. The lowest BCUT2D eigenvalue weighted by Crippen LogP contribution is -2.40. The third-order valence-electron chi connectivity index (χ3n) is 3.76. The summed E-state index contributed by atoms with van der Waals surface area (Å²) in [5.74, 6) is -0.205. The number of hydrogen-bond donors (Lipinski definition) is 1. The molecule has 23 heavy (non-hydrogen) atoms. The summed E-state index contributed by atoms with van der Waals surface area (Å²) < 4.78 is 10.5. The molecule has 0 spiro atoms. The second-order valence-electron chi connectivity index (χ2n) is 5.36. The lowest BCUT2D eigenvalue weighted by molar-refractivity contribution is 0.0273. The van der Waals surface area contributed by atoms with E-state index < -0.39 is 6.10 Å². The van der Waals surface area contributed by atoms with Crippen molar-refractivity contribution in [3.8, 4) is 11.3 Å². The molecule has 7 heteroatoms. The van der Waals surface area contributed by atoms with Crippen LogP contribution in [-0.4, -0.2) is 47.4 Å². The van der Waals surface area contributed by atoms with Crippen molar-refractivity contribution in [2.24, 2.45) is 0 Å². The van der Waals surface area contributed by atoms with Gasteiger partial charge in [0.05, 0.1) is 24.9 Å². The Balaban J connectivity index is 1.98. The molecule has 1 N–H and O–H groups in total. The van der Waals surface area contributed by atoms with Crippen LogP contribution in [0.15, 0.2) is 28.8 Å². The molecule has 1 aliphatic rings. The van der Waals surface area contributed by atoms with Crippen LogP contribution in [0.3, 0.4) is 0 Å². The van der Waals surface area contributed by atoms with Gasteiger partial charge in [0.2, 0.25) is 5.76 Å². The van der Waals surface area contributed by atoms with Crippen LogP contribution in [0, 0.1) is 0 Å². The van der Waals surface area contributed by atoms with Gasteiger partial charge < -0.3 is 19.3 Å². The fourth-order valence-corrected chi connectivity index (χ4v) is 2.69. The summed E-state index contributed by atoms with van der Waals surface area (Å²) >= 11 is 5.89. The molecule has 0 saturated carbocycles. The van der Waals surface area contributed by atoms with Crippen LogP contribution >= 0.6 is 11.6 Å². The van der Waals surface area contributed by atoms with Gasteiger partial charge in [-0.2, -0.15) is 0 Å².